The second-order valence-corrected chi connectivity index (χ2v) is 4.34. The molecule has 2 heterocycles. The van der Waals surface area contributed by atoms with E-state index in [-0.39, 0.29) is 0 Å². The van der Waals surface area contributed by atoms with Crippen molar-refractivity contribution in [3.8, 4) is 17.5 Å². The summed E-state index contributed by atoms with van der Waals surface area (Å²) in [6.07, 6.45) is 3.46. The molecule has 2 aromatic rings. The normalized spacial score (nSPS) is 10.1. The van der Waals surface area contributed by atoms with Crippen molar-refractivity contribution in [2.24, 2.45) is 0 Å². The zero-order valence-electron chi connectivity index (χ0n) is 9.25. The molecule has 5 nitrogen and oxygen atoms in total. The molecule has 0 fully saturated rings. The summed E-state index contributed by atoms with van der Waals surface area (Å²) in [4.78, 5) is 8.29. The lowest BCUT2D eigenvalue weighted by atomic mass is 10.1. The molecule has 0 radical (unpaired) electrons. The van der Waals surface area contributed by atoms with E-state index in [0.717, 1.165) is 11.1 Å². The maximum Gasteiger partial charge on any atom is 0.236 e. The van der Waals surface area contributed by atoms with Crippen LogP contribution in [0.4, 0.5) is 0 Å². The Hall–Kier alpha value is -1.87. The molecule has 0 aliphatic rings. The molecule has 2 aromatic heterocycles. The molecule has 0 aliphatic carbocycles. The van der Waals surface area contributed by atoms with Crippen LogP contribution in [-0.4, -0.2) is 20.9 Å². The van der Waals surface area contributed by atoms with Gasteiger partial charge in [0.05, 0.1) is 17.6 Å². The lowest BCUT2D eigenvalue weighted by Crippen LogP contribution is -1.87. The first-order valence-electron chi connectivity index (χ1n) is 4.99. The molecule has 86 valence electrons. The van der Waals surface area contributed by atoms with Gasteiger partial charge in [-0.2, -0.15) is 10.2 Å². The second-order valence-electron chi connectivity index (χ2n) is 3.35. The van der Waals surface area contributed by atoms with Crippen molar-refractivity contribution >= 4 is 11.8 Å². The number of nitriles is 1. The number of hydrogen-bond donors (Lipinski definition) is 0. The Morgan fingerprint density at radius 2 is 2.41 bits per heavy atom. The highest BCUT2D eigenvalue weighted by Crippen LogP contribution is 2.20. The van der Waals surface area contributed by atoms with E-state index in [1.807, 2.05) is 13.0 Å². The van der Waals surface area contributed by atoms with Crippen molar-refractivity contribution in [2.45, 2.75) is 12.7 Å². The molecule has 0 atom stereocenters. The summed E-state index contributed by atoms with van der Waals surface area (Å²) in [5.41, 5.74) is 1.92. The number of aromatic nitrogens is 3. The molecule has 2 rings (SSSR count). The van der Waals surface area contributed by atoms with E-state index >= 15 is 0 Å². The first-order valence-corrected chi connectivity index (χ1v) is 6.15. The summed E-state index contributed by atoms with van der Waals surface area (Å²) in [7, 11) is 0. The van der Waals surface area contributed by atoms with Crippen LogP contribution in [0.5, 0.6) is 0 Å². The Morgan fingerprint density at radius 1 is 1.53 bits per heavy atom. The average molecular weight is 246 g/mol. The number of hydrogen-bond acceptors (Lipinski definition) is 6. The fourth-order valence-electron chi connectivity index (χ4n) is 1.33. The van der Waals surface area contributed by atoms with Crippen LogP contribution in [0.15, 0.2) is 23.0 Å². The van der Waals surface area contributed by atoms with Gasteiger partial charge in [-0.05, 0) is 18.6 Å². The molecular weight excluding hydrogens is 236 g/mol. The zero-order valence-corrected chi connectivity index (χ0v) is 10.1. The first-order chi connectivity index (χ1) is 8.31. The number of rotatable bonds is 4. The first kappa shape index (κ1) is 11.6. The third-order valence-electron chi connectivity index (χ3n) is 2.12. The van der Waals surface area contributed by atoms with Crippen LogP contribution in [0.3, 0.4) is 0 Å². The van der Waals surface area contributed by atoms with E-state index in [0.29, 0.717) is 23.2 Å². The summed E-state index contributed by atoms with van der Waals surface area (Å²) in [6.45, 7) is 1.95. The molecular formula is C11H10N4OS. The molecule has 0 N–H and O–H groups in total. The van der Waals surface area contributed by atoms with Crippen LogP contribution in [0.2, 0.25) is 0 Å². The Bertz CT molecular complexity index is 546. The largest absolute Gasteiger partial charge is 0.338 e. The van der Waals surface area contributed by atoms with Crippen molar-refractivity contribution in [3.63, 3.8) is 0 Å². The highest BCUT2D eigenvalue weighted by Gasteiger charge is 2.10. The molecule has 0 saturated heterocycles. The fraction of sp³-hybridized carbons (Fsp3) is 0.273. The van der Waals surface area contributed by atoms with Gasteiger partial charge in [-0.1, -0.05) is 5.16 Å². The van der Waals surface area contributed by atoms with Gasteiger partial charge in [-0.3, -0.25) is 4.98 Å². The van der Waals surface area contributed by atoms with E-state index < -0.39 is 0 Å². The van der Waals surface area contributed by atoms with Crippen molar-refractivity contribution < 1.29 is 4.52 Å². The zero-order chi connectivity index (χ0) is 12.1. The van der Waals surface area contributed by atoms with Gasteiger partial charge in [-0.15, -0.1) is 11.8 Å². The van der Waals surface area contributed by atoms with E-state index in [1.54, 1.807) is 12.4 Å². The molecule has 0 aromatic carbocycles. The minimum Gasteiger partial charge on any atom is -0.338 e. The third kappa shape index (κ3) is 2.82. The van der Waals surface area contributed by atoms with Crippen molar-refractivity contribution in [3.05, 3.63) is 29.9 Å². The third-order valence-corrected chi connectivity index (χ3v) is 2.91. The lowest BCUT2D eigenvalue weighted by Gasteiger charge is -1.97. The van der Waals surface area contributed by atoms with Gasteiger partial charge in [0.1, 0.15) is 0 Å². The van der Waals surface area contributed by atoms with E-state index in [9.17, 15) is 0 Å². The number of aryl methyl sites for hydroxylation is 1. The molecule has 0 amide bonds. The van der Waals surface area contributed by atoms with Gasteiger partial charge in [0.2, 0.25) is 11.7 Å². The predicted octanol–water partition coefficient (Wildman–Crippen LogP) is 2.20. The van der Waals surface area contributed by atoms with Gasteiger partial charge in [0.15, 0.2) is 0 Å². The molecule has 17 heavy (non-hydrogen) atoms. The predicted molar refractivity (Wildman–Crippen MR) is 64.0 cm³/mol. The maximum atomic E-state index is 8.42. The second kappa shape index (κ2) is 5.46. The van der Waals surface area contributed by atoms with Gasteiger partial charge in [0.25, 0.3) is 0 Å². The van der Waals surface area contributed by atoms with Crippen LogP contribution in [-0.2, 0) is 5.75 Å². The minimum atomic E-state index is 0.423. The number of nitrogens with zero attached hydrogens (tertiary/aromatic N) is 4. The smallest absolute Gasteiger partial charge is 0.236 e. The van der Waals surface area contributed by atoms with Crippen molar-refractivity contribution in [2.75, 3.05) is 5.75 Å². The summed E-state index contributed by atoms with van der Waals surface area (Å²) >= 11 is 1.45. The monoisotopic (exact) mass is 246 g/mol. The highest BCUT2D eigenvalue weighted by atomic mass is 32.2. The maximum absolute atomic E-state index is 8.42. The van der Waals surface area contributed by atoms with Crippen molar-refractivity contribution in [1.82, 2.24) is 15.1 Å². The lowest BCUT2D eigenvalue weighted by molar-refractivity contribution is 0.391. The van der Waals surface area contributed by atoms with Gasteiger partial charge >= 0.3 is 0 Å². The van der Waals surface area contributed by atoms with Crippen LogP contribution < -0.4 is 0 Å². The Labute approximate surface area is 103 Å². The molecule has 6 heteroatoms. The topological polar surface area (TPSA) is 75.6 Å². The average Bonchev–Trinajstić information content (AvgIpc) is 2.79. The molecule has 0 aliphatic heterocycles. The van der Waals surface area contributed by atoms with Crippen LogP contribution >= 0.6 is 11.8 Å². The summed E-state index contributed by atoms with van der Waals surface area (Å²) in [5, 5.41) is 12.3. The van der Waals surface area contributed by atoms with Crippen molar-refractivity contribution in [1.29, 1.82) is 5.26 Å². The van der Waals surface area contributed by atoms with Crippen LogP contribution in [0, 0.1) is 18.3 Å². The minimum absolute atomic E-state index is 0.423. The van der Waals surface area contributed by atoms with E-state index in [1.165, 1.54) is 11.8 Å². The molecule has 0 bridgehead atoms. The van der Waals surface area contributed by atoms with Gasteiger partial charge in [0, 0.05) is 18.0 Å². The standard InChI is InChI=1S/C11H10N4OS/c1-8-6-13-4-2-9(8)11-14-10(16-15-11)7-17-5-3-12/h2,4,6H,5,7H2,1H3. The summed E-state index contributed by atoms with van der Waals surface area (Å²) in [5.74, 6) is 2.09. The number of thioether (sulfide) groups is 1. The van der Waals surface area contributed by atoms with E-state index in [4.69, 9.17) is 9.78 Å². The van der Waals surface area contributed by atoms with Crippen LogP contribution in [0.1, 0.15) is 11.5 Å². The SMILES string of the molecule is Cc1cnccc1-c1noc(CSCC#N)n1. The van der Waals surface area contributed by atoms with Crippen LogP contribution in [0.25, 0.3) is 11.4 Å². The quantitative estimate of drug-likeness (QED) is 0.770. The van der Waals surface area contributed by atoms with Gasteiger partial charge < -0.3 is 4.52 Å². The molecule has 0 saturated carbocycles. The highest BCUT2D eigenvalue weighted by molar-refractivity contribution is 7.98. The molecule has 0 unspecified atom stereocenters. The molecule has 0 spiro atoms. The Morgan fingerprint density at radius 3 is 3.18 bits per heavy atom. The Balaban J connectivity index is 2.14. The Kier molecular flexibility index (Phi) is 3.73. The summed E-state index contributed by atoms with van der Waals surface area (Å²) in [6, 6.07) is 3.90. The number of pyridine rings is 1. The summed E-state index contributed by atoms with van der Waals surface area (Å²) < 4.78 is 5.11. The van der Waals surface area contributed by atoms with E-state index in [2.05, 4.69) is 21.2 Å². The van der Waals surface area contributed by atoms with Gasteiger partial charge in [-0.25, -0.2) is 0 Å². The fourth-order valence-corrected chi connectivity index (χ4v) is 1.82.